The van der Waals surface area contributed by atoms with Gasteiger partial charge in [0.1, 0.15) is 11.3 Å². The molecule has 0 bridgehead atoms. The molecule has 4 rings (SSSR count). The zero-order valence-corrected chi connectivity index (χ0v) is 16.7. The molecule has 5 nitrogen and oxygen atoms in total. The van der Waals surface area contributed by atoms with Crippen molar-refractivity contribution in [3.05, 3.63) is 77.4 Å². The average Bonchev–Trinajstić information content (AvgIpc) is 3.09. The molecule has 4 aromatic rings. The lowest BCUT2D eigenvalue weighted by atomic mass is 10.1. The van der Waals surface area contributed by atoms with Crippen LogP contribution in [-0.4, -0.2) is 17.5 Å². The summed E-state index contributed by atoms with van der Waals surface area (Å²) < 4.78 is 11.4. The van der Waals surface area contributed by atoms with Gasteiger partial charge in [0.15, 0.2) is 12.2 Å². The number of benzene rings is 3. The maximum absolute atomic E-state index is 12.2. The van der Waals surface area contributed by atoms with Crippen LogP contribution in [-0.2, 0) is 4.79 Å². The van der Waals surface area contributed by atoms with Crippen molar-refractivity contribution in [1.82, 2.24) is 4.98 Å². The Labute approximate surface area is 169 Å². The van der Waals surface area contributed by atoms with E-state index >= 15 is 0 Å². The standard InChI is InChI=1S/C24H22N2O3/c1-15-4-9-21-22(13-15)29-24(26-21)18-5-7-19(8-6-18)25-23(27)14-28-20-11-16(2)10-17(3)12-20/h4-13H,14H2,1-3H3,(H,25,27). The number of carbonyl (C=O) groups excluding carboxylic acids is 1. The molecular formula is C24H22N2O3. The van der Waals surface area contributed by atoms with Crippen LogP contribution >= 0.6 is 0 Å². The van der Waals surface area contributed by atoms with Crippen molar-refractivity contribution >= 4 is 22.7 Å². The van der Waals surface area contributed by atoms with Gasteiger partial charge in [-0.25, -0.2) is 4.98 Å². The maximum atomic E-state index is 12.2. The van der Waals surface area contributed by atoms with Crippen molar-refractivity contribution in [3.8, 4) is 17.2 Å². The highest BCUT2D eigenvalue weighted by Gasteiger charge is 2.09. The number of anilines is 1. The Balaban J connectivity index is 1.40. The summed E-state index contributed by atoms with van der Waals surface area (Å²) in [6.45, 7) is 5.97. The fraction of sp³-hybridized carbons (Fsp3) is 0.167. The first kappa shape index (κ1) is 18.7. The van der Waals surface area contributed by atoms with E-state index in [9.17, 15) is 4.79 Å². The van der Waals surface area contributed by atoms with Gasteiger partial charge in [0, 0.05) is 11.3 Å². The third kappa shape index (κ3) is 4.46. The Morgan fingerprint density at radius 1 is 0.931 bits per heavy atom. The Bertz CT molecular complexity index is 1160. The predicted molar refractivity (Wildman–Crippen MR) is 114 cm³/mol. The SMILES string of the molecule is Cc1cc(C)cc(OCC(=O)Nc2ccc(-c3nc4ccc(C)cc4o3)cc2)c1. The van der Waals surface area contributed by atoms with Crippen molar-refractivity contribution in [2.45, 2.75) is 20.8 Å². The van der Waals surface area contributed by atoms with Crippen LogP contribution in [0, 0.1) is 20.8 Å². The van der Waals surface area contributed by atoms with E-state index in [1.54, 1.807) is 0 Å². The summed E-state index contributed by atoms with van der Waals surface area (Å²) in [7, 11) is 0. The maximum Gasteiger partial charge on any atom is 0.262 e. The highest BCUT2D eigenvalue weighted by molar-refractivity contribution is 5.92. The third-order valence-electron chi connectivity index (χ3n) is 4.52. The molecule has 5 heteroatoms. The topological polar surface area (TPSA) is 64.4 Å². The molecule has 0 unspecified atom stereocenters. The second-order valence-corrected chi connectivity index (χ2v) is 7.23. The smallest absolute Gasteiger partial charge is 0.262 e. The van der Waals surface area contributed by atoms with E-state index in [-0.39, 0.29) is 12.5 Å². The van der Waals surface area contributed by atoms with Crippen LogP contribution in [0.2, 0.25) is 0 Å². The Morgan fingerprint density at radius 3 is 2.38 bits per heavy atom. The molecule has 0 aliphatic carbocycles. The molecule has 1 N–H and O–H groups in total. The summed E-state index contributed by atoms with van der Waals surface area (Å²) in [5.41, 5.74) is 6.46. The number of rotatable bonds is 5. The van der Waals surface area contributed by atoms with E-state index in [1.165, 1.54) is 0 Å². The molecule has 146 valence electrons. The first-order valence-corrected chi connectivity index (χ1v) is 9.45. The number of carbonyl (C=O) groups is 1. The number of fused-ring (bicyclic) bond motifs is 1. The van der Waals surface area contributed by atoms with Gasteiger partial charge < -0.3 is 14.5 Å². The second kappa shape index (κ2) is 7.80. The molecule has 0 aliphatic heterocycles. The van der Waals surface area contributed by atoms with Crippen molar-refractivity contribution in [3.63, 3.8) is 0 Å². The Hall–Kier alpha value is -3.60. The zero-order chi connectivity index (χ0) is 20.4. The zero-order valence-electron chi connectivity index (χ0n) is 16.7. The lowest BCUT2D eigenvalue weighted by molar-refractivity contribution is -0.118. The normalized spacial score (nSPS) is 10.9. The number of aromatic nitrogens is 1. The molecule has 0 fully saturated rings. The van der Waals surface area contributed by atoms with Gasteiger partial charge in [0.25, 0.3) is 5.91 Å². The lowest BCUT2D eigenvalue weighted by Gasteiger charge is -2.09. The molecule has 1 aromatic heterocycles. The Kier molecular flexibility index (Phi) is 5.04. The average molecular weight is 386 g/mol. The largest absolute Gasteiger partial charge is 0.484 e. The molecule has 0 spiro atoms. The van der Waals surface area contributed by atoms with Crippen LogP contribution in [0.1, 0.15) is 16.7 Å². The van der Waals surface area contributed by atoms with Crippen molar-refractivity contribution in [2.24, 2.45) is 0 Å². The quantitative estimate of drug-likeness (QED) is 0.496. The number of hydrogen-bond acceptors (Lipinski definition) is 4. The minimum atomic E-state index is -0.214. The van der Waals surface area contributed by atoms with Gasteiger partial charge in [0.2, 0.25) is 5.89 Å². The van der Waals surface area contributed by atoms with Gasteiger partial charge in [-0.2, -0.15) is 0 Å². The van der Waals surface area contributed by atoms with E-state index < -0.39 is 0 Å². The second-order valence-electron chi connectivity index (χ2n) is 7.23. The minimum Gasteiger partial charge on any atom is -0.484 e. The summed E-state index contributed by atoms with van der Waals surface area (Å²) in [5, 5.41) is 2.84. The lowest BCUT2D eigenvalue weighted by Crippen LogP contribution is -2.20. The van der Waals surface area contributed by atoms with Gasteiger partial charge in [-0.15, -0.1) is 0 Å². The van der Waals surface area contributed by atoms with E-state index in [0.29, 0.717) is 17.3 Å². The van der Waals surface area contributed by atoms with Crippen molar-refractivity contribution in [2.75, 3.05) is 11.9 Å². The first-order valence-electron chi connectivity index (χ1n) is 9.45. The van der Waals surface area contributed by atoms with E-state index in [4.69, 9.17) is 9.15 Å². The minimum absolute atomic E-state index is 0.0465. The van der Waals surface area contributed by atoms with Crippen LogP contribution in [0.25, 0.3) is 22.6 Å². The van der Waals surface area contributed by atoms with Gasteiger partial charge in [-0.05, 0) is 86.0 Å². The fourth-order valence-corrected chi connectivity index (χ4v) is 3.21. The number of ether oxygens (including phenoxy) is 1. The molecular weight excluding hydrogens is 364 g/mol. The number of aryl methyl sites for hydroxylation is 3. The summed E-state index contributed by atoms with van der Waals surface area (Å²) in [6.07, 6.45) is 0. The van der Waals surface area contributed by atoms with Gasteiger partial charge in [-0.1, -0.05) is 12.1 Å². The van der Waals surface area contributed by atoms with Crippen molar-refractivity contribution in [1.29, 1.82) is 0 Å². The Morgan fingerprint density at radius 2 is 1.66 bits per heavy atom. The summed E-state index contributed by atoms with van der Waals surface area (Å²) in [6, 6.07) is 19.2. The molecule has 0 aliphatic rings. The highest BCUT2D eigenvalue weighted by Crippen LogP contribution is 2.26. The molecule has 0 saturated heterocycles. The number of oxazole rings is 1. The predicted octanol–water partition coefficient (Wildman–Crippen LogP) is 5.44. The van der Waals surface area contributed by atoms with Crippen LogP contribution in [0.4, 0.5) is 5.69 Å². The van der Waals surface area contributed by atoms with Crippen LogP contribution in [0.5, 0.6) is 5.75 Å². The summed E-state index contributed by atoms with van der Waals surface area (Å²) in [4.78, 5) is 16.7. The van der Waals surface area contributed by atoms with Gasteiger partial charge in [-0.3, -0.25) is 4.79 Å². The molecule has 0 radical (unpaired) electrons. The summed E-state index contributed by atoms with van der Waals surface area (Å²) in [5.74, 6) is 1.04. The first-order chi connectivity index (χ1) is 14.0. The van der Waals surface area contributed by atoms with Crippen LogP contribution in [0.3, 0.4) is 0 Å². The molecule has 0 saturated carbocycles. The molecule has 1 heterocycles. The number of nitrogens with one attached hydrogen (secondary N) is 1. The van der Waals surface area contributed by atoms with Gasteiger partial charge in [0.05, 0.1) is 0 Å². The van der Waals surface area contributed by atoms with Crippen LogP contribution < -0.4 is 10.1 Å². The molecule has 3 aromatic carbocycles. The number of amides is 1. The van der Waals surface area contributed by atoms with E-state index in [0.717, 1.165) is 33.4 Å². The third-order valence-corrected chi connectivity index (χ3v) is 4.52. The summed E-state index contributed by atoms with van der Waals surface area (Å²) >= 11 is 0. The van der Waals surface area contributed by atoms with Gasteiger partial charge >= 0.3 is 0 Å². The highest BCUT2D eigenvalue weighted by atomic mass is 16.5. The van der Waals surface area contributed by atoms with E-state index in [2.05, 4.69) is 16.4 Å². The molecule has 0 atom stereocenters. The monoisotopic (exact) mass is 386 g/mol. The fourth-order valence-electron chi connectivity index (χ4n) is 3.21. The number of hydrogen-bond donors (Lipinski definition) is 1. The van der Waals surface area contributed by atoms with Crippen molar-refractivity contribution < 1.29 is 13.9 Å². The van der Waals surface area contributed by atoms with Crippen LogP contribution in [0.15, 0.2) is 65.1 Å². The van der Waals surface area contributed by atoms with E-state index in [1.807, 2.05) is 75.4 Å². The molecule has 1 amide bonds. The molecule has 29 heavy (non-hydrogen) atoms. The number of nitrogens with zero attached hydrogens (tertiary/aromatic N) is 1.